The Kier molecular flexibility index (Phi) is 3.00. The average Bonchev–Trinajstić information content (AvgIpc) is 2.01. The Hall–Kier alpha value is -1.23. The van der Waals surface area contributed by atoms with Gasteiger partial charge in [0.05, 0.1) is 5.56 Å². The number of aromatic carboxylic acids is 1. The number of carboxylic acid groups (broad SMARTS) is 1. The summed E-state index contributed by atoms with van der Waals surface area (Å²) in [6.07, 6.45) is -2.75. The minimum absolute atomic E-state index is 0.123. The van der Waals surface area contributed by atoms with Gasteiger partial charge in [0, 0.05) is 0 Å². The van der Waals surface area contributed by atoms with Gasteiger partial charge in [-0.15, -0.1) is 0 Å². The summed E-state index contributed by atoms with van der Waals surface area (Å²) in [4.78, 5) is 13.8. The van der Waals surface area contributed by atoms with Gasteiger partial charge >= 0.3 is 5.97 Å². The first kappa shape index (κ1) is 10.8. The fourth-order valence-corrected chi connectivity index (χ4v) is 1.34. The van der Waals surface area contributed by atoms with Crippen molar-refractivity contribution in [1.82, 2.24) is 4.98 Å². The van der Waals surface area contributed by atoms with Crippen LogP contribution in [-0.2, 0) is 0 Å². The number of halogens is 3. The van der Waals surface area contributed by atoms with E-state index in [9.17, 15) is 13.6 Å². The van der Waals surface area contributed by atoms with Crippen LogP contribution < -0.4 is 0 Å². The normalized spacial score (nSPS) is 10.6. The van der Waals surface area contributed by atoms with Gasteiger partial charge in [-0.3, -0.25) is 0 Å². The van der Waals surface area contributed by atoms with Gasteiger partial charge in [-0.25, -0.2) is 18.6 Å². The standard InChI is InChI=1S/C8H6ClF2NO2/c1-3-2-4(8(13)14)12-6(9)5(3)7(10)11/h2,7H,1H3,(H,13,14). The third-order valence-electron chi connectivity index (χ3n) is 1.66. The van der Waals surface area contributed by atoms with Crippen LogP contribution in [0.1, 0.15) is 28.0 Å². The summed E-state index contributed by atoms with van der Waals surface area (Å²) < 4.78 is 24.7. The second-order valence-corrected chi connectivity index (χ2v) is 2.99. The first-order valence-electron chi connectivity index (χ1n) is 3.62. The smallest absolute Gasteiger partial charge is 0.354 e. The molecular formula is C8H6ClF2NO2. The van der Waals surface area contributed by atoms with Crippen molar-refractivity contribution in [1.29, 1.82) is 0 Å². The molecule has 1 aromatic heterocycles. The molecule has 1 N–H and O–H groups in total. The topological polar surface area (TPSA) is 50.2 Å². The average molecular weight is 222 g/mol. The van der Waals surface area contributed by atoms with E-state index in [0.717, 1.165) is 6.07 Å². The Morgan fingerprint density at radius 3 is 2.57 bits per heavy atom. The Bertz CT molecular complexity index is 359. The van der Waals surface area contributed by atoms with Gasteiger partial charge in [0.25, 0.3) is 6.43 Å². The van der Waals surface area contributed by atoms with Crippen molar-refractivity contribution in [2.45, 2.75) is 13.3 Å². The van der Waals surface area contributed by atoms with Gasteiger partial charge in [0.15, 0.2) is 0 Å². The number of carbonyl (C=O) groups is 1. The highest BCUT2D eigenvalue weighted by atomic mass is 35.5. The predicted molar refractivity (Wildman–Crippen MR) is 45.9 cm³/mol. The van der Waals surface area contributed by atoms with E-state index in [-0.39, 0.29) is 11.3 Å². The minimum atomic E-state index is -2.75. The van der Waals surface area contributed by atoms with Crippen LogP contribution in [0, 0.1) is 6.92 Å². The molecule has 3 nitrogen and oxygen atoms in total. The molecule has 0 aliphatic carbocycles. The third-order valence-corrected chi connectivity index (χ3v) is 1.94. The van der Waals surface area contributed by atoms with Crippen LogP contribution >= 0.6 is 11.6 Å². The molecule has 0 unspecified atom stereocenters. The van der Waals surface area contributed by atoms with Gasteiger partial charge in [0.1, 0.15) is 10.8 Å². The van der Waals surface area contributed by atoms with E-state index < -0.39 is 23.1 Å². The Morgan fingerprint density at radius 1 is 1.64 bits per heavy atom. The fourth-order valence-electron chi connectivity index (χ4n) is 1.02. The number of alkyl halides is 2. The number of nitrogens with zero attached hydrogens (tertiary/aromatic N) is 1. The lowest BCUT2D eigenvalue weighted by Gasteiger charge is -2.07. The summed E-state index contributed by atoms with van der Waals surface area (Å²) in [6.45, 7) is 1.36. The lowest BCUT2D eigenvalue weighted by molar-refractivity contribution is 0.0689. The molecule has 0 fully saturated rings. The van der Waals surface area contributed by atoms with Crippen molar-refractivity contribution in [3.63, 3.8) is 0 Å². The van der Waals surface area contributed by atoms with Crippen LogP contribution in [-0.4, -0.2) is 16.1 Å². The highest BCUT2D eigenvalue weighted by molar-refractivity contribution is 6.30. The van der Waals surface area contributed by atoms with E-state index in [0.29, 0.717) is 0 Å². The summed E-state index contributed by atoms with van der Waals surface area (Å²) >= 11 is 5.42. The second kappa shape index (κ2) is 3.88. The van der Waals surface area contributed by atoms with E-state index in [1.807, 2.05) is 0 Å². The molecule has 0 aromatic carbocycles. The molecule has 0 radical (unpaired) electrons. The molecule has 0 saturated carbocycles. The van der Waals surface area contributed by atoms with Crippen LogP contribution in [0.4, 0.5) is 8.78 Å². The van der Waals surface area contributed by atoms with Gasteiger partial charge < -0.3 is 5.11 Å². The molecule has 1 heterocycles. The molecule has 0 bridgehead atoms. The molecule has 0 amide bonds. The van der Waals surface area contributed by atoms with Gasteiger partial charge in [0.2, 0.25) is 0 Å². The lowest BCUT2D eigenvalue weighted by Crippen LogP contribution is -2.04. The van der Waals surface area contributed by atoms with Crippen molar-refractivity contribution in [2.24, 2.45) is 0 Å². The summed E-state index contributed by atoms with van der Waals surface area (Å²) in [5, 5.41) is 8.09. The largest absolute Gasteiger partial charge is 0.477 e. The monoisotopic (exact) mass is 221 g/mol. The highest BCUT2D eigenvalue weighted by Crippen LogP contribution is 2.28. The Labute approximate surface area is 83.3 Å². The highest BCUT2D eigenvalue weighted by Gasteiger charge is 2.19. The maximum Gasteiger partial charge on any atom is 0.354 e. The third kappa shape index (κ3) is 1.98. The van der Waals surface area contributed by atoms with Gasteiger partial charge in [-0.2, -0.15) is 0 Å². The van der Waals surface area contributed by atoms with Crippen molar-refractivity contribution >= 4 is 17.6 Å². The van der Waals surface area contributed by atoms with Crippen LogP contribution in [0.2, 0.25) is 5.15 Å². The number of hydrogen-bond donors (Lipinski definition) is 1. The van der Waals surface area contributed by atoms with Crippen LogP contribution in [0.25, 0.3) is 0 Å². The molecule has 14 heavy (non-hydrogen) atoms. The molecule has 0 atom stereocenters. The SMILES string of the molecule is Cc1cc(C(=O)O)nc(Cl)c1C(F)F. The summed E-state index contributed by atoms with van der Waals surface area (Å²) in [5.74, 6) is -1.30. The zero-order chi connectivity index (χ0) is 10.9. The van der Waals surface area contributed by atoms with Crippen molar-refractivity contribution in [3.05, 3.63) is 28.0 Å². The van der Waals surface area contributed by atoms with Crippen molar-refractivity contribution in [2.75, 3.05) is 0 Å². The van der Waals surface area contributed by atoms with E-state index >= 15 is 0 Å². The van der Waals surface area contributed by atoms with Crippen molar-refractivity contribution in [3.8, 4) is 0 Å². The van der Waals surface area contributed by atoms with Crippen LogP contribution in [0.3, 0.4) is 0 Å². The van der Waals surface area contributed by atoms with Crippen LogP contribution in [0.5, 0.6) is 0 Å². The predicted octanol–water partition coefficient (Wildman–Crippen LogP) is 2.68. The second-order valence-electron chi connectivity index (χ2n) is 2.63. The number of hydrogen-bond acceptors (Lipinski definition) is 2. The molecule has 0 aliphatic heterocycles. The van der Waals surface area contributed by atoms with E-state index in [2.05, 4.69) is 4.98 Å². The number of aryl methyl sites for hydroxylation is 1. The Balaban J connectivity index is 3.32. The van der Waals surface area contributed by atoms with E-state index in [4.69, 9.17) is 16.7 Å². The quantitative estimate of drug-likeness (QED) is 0.781. The molecule has 6 heteroatoms. The molecule has 0 saturated heterocycles. The van der Waals surface area contributed by atoms with Crippen LogP contribution in [0.15, 0.2) is 6.07 Å². The molecule has 0 spiro atoms. The van der Waals surface area contributed by atoms with Gasteiger partial charge in [-0.1, -0.05) is 11.6 Å². The fraction of sp³-hybridized carbons (Fsp3) is 0.250. The molecule has 0 aliphatic rings. The van der Waals surface area contributed by atoms with Crippen molar-refractivity contribution < 1.29 is 18.7 Å². The molecular weight excluding hydrogens is 216 g/mol. The first-order chi connectivity index (χ1) is 6.43. The molecule has 76 valence electrons. The maximum atomic E-state index is 12.3. The number of aromatic nitrogens is 1. The lowest BCUT2D eigenvalue weighted by atomic mass is 10.1. The molecule has 1 aromatic rings. The first-order valence-corrected chi connectivity index (χ1v) is 3.99. The van der Waals surface area contributed by atoms with E-state index in [1.54, 1.807) is 0 Å². The Morgan fingerprint density at radius 2 is 2.21 bits per heavy atom. The zero-order valence-electron chi connectivity index (χ0n) is 7.09. The minimum Gasteiger partial charge on any atom is -0.477 e. The molecule has 1 rings (SSSR count). The summed E-state index contributed by atoms with van der Waals surface area (Å²) in [6, 6.07) is 1.07. The zero-order valence-corrected chi connectivity index (χ0v) is 7.85. The number of rotatable bonds is 2. The maximum absolute atomic E-state index is 12.3. The number of pyridine rings is 1. The number of carboxylic acids is 1. The summed E-state index contributed by atoms with van der Waals surface area (Å²) in [7, 11) is 0. The van der Waals surface area contributed by atoms with Gasteiger partial charge in [-0.05, 0) is 18.6 Å². The summed E-state index contributed by atoms with van der Waals surface area (Å²) in [5.41, 5.74) is -0.633. The van der Waals surface area contributed by atoms with E-state index in [1.165, 1.54) is 6.92 Å².